The Morgan fingerprint density at radius 3 is 2.35 bits per heavy atom. The molecule has 0 radical (unpaired) electrons. The van der Waals surface area contributed by atoms with E-state index in [2.05, 4.69) is 9.97 Å². The summed E-state index contributed by atoms with van der Waals surface area (Å²) in [5, 5.41) is -0.693. The van der Waals surface area contributed by atoms with Crippen LogP contribution in [-0.4, -0.2) is 41.4 Å². The van der Waals surface area contributed by atoms with Crippen LogP contribution in [0, 0.1) is 6.92 Å². The normalized spacial score (nSPS) is 20.2. The van der Waals surface area contributed by atoms with Gasteiger partial charge in [0.05, 0.1) is 6.61 Å². The van der Waals surface area contributed by atoms with Gasteiger partial charge in [-0.1, -0.05) is 0 Å². The zero-order chi connectivity index (χ0) is 12.7. The summed E-state index contributed by atoms with van der Waals surface area (Å²) >= 11 is 0. The van der Waals surface area contributed by atoms with Crippen LogP contribution in [0.2, 0.25) is 0 Å². The lowest BCUT2D eigenvalue weighted by molar-refractivity contribution is 0.0971. The maximum atomic E-state index is 10.5. The maximum absolute atomic E-state index is 10.5. The maximum Gasteiger partial charge on any atom is 0.270 e. The minimum atomic E-state index is -3.85. The van der Waals surface area contributed by atoms with Crippen LogP contribution >= 0.6 is 0 Å². The molecule has 0 bridgehead atoms. The Balaban J connectivity index is 0.000000181. The summed E-state index contributed by atoms with van der Waals surface area (Å²) in [4.78, 5) is 7.55. The van der Waals surface area contributed by atoms with Crippen molar-refractivity contribution in [3.63, 3.8) is 0 Å². The molecule has 0 spiro atoms. The number of hydrogen-bond donors (Lipinski definition) is 1. The summed E-state index contributed by atoms with van der Waals surface area (Å²) in [5.41, 5.74) is 1.10. The fraction of sp³-hybridized carbons (Fsp3) is 0.600. The molecule has 6 nitrogen and oxygen atoms in total. The van der Waals surface area contributed by atoms with Gasteiger partial charge in [-0.15, -0.1) is 0 Å². The summed E-state index contributed by atoms with van der Waals surface area (Å²) in [6.07, 6.45) is 6.29. The molecule has 7 heteroatoms. The van der Waals surface area contributed by atoms with E-state index in [4.69, 9.17) is 9.29 Å². The monoisotopic (exact) mass is 260 g/mol. The summed E-state index contributed by atoms with van der Waals surface area (Å²) in [7, 11) is -3.85. The Kier molecular flexibility index (Phi) is 5.46. The van der Waals surface area contributed by atoms with E-state index >= 15 is 0 Å². The van der Waals surface area contributed by atoms with Crippen molar-refractivity contribution in [3.05, 3.63) is 24.3 Å². The lowest BCUT2D eigenvalue weighted by atomic mass is 10.2. The molecule has 17 heavy (non-hydrogen) atoms. The first-order chi connectivity index (χ1) is 8.00. The Bertz CT molecular complexity index is 415. The van der Waals surface area contributed by atoms with Gasteiger partial charge in [-0.2, -0.15) is 8.42 Å². The first kappa shape index (κ1) is 14.0. The molecule has 0 saturated carbocycles. The van der Waals surface area contributed by atoms with Crippen LogP contribution in [0.15, 0.2) is 18.7 Å². The van der Waals surface area contributed by atoms with E-state index in [-0.39, 0.29) is 6.61 Å². The van der Waals surface area contributed by atoms with Crippen molar-refractivity contribution in [3.8, 4) is 0 Å². The molecule has 1 aliphatic heterocycles. The molecular weight excluding hydrogens is 244 g/mol. The first-order valence-electron chi connectivity index (χ1n) is 5.26. The van der Waals surface area contributed by atoms with E-state index in [0.717, 1.165) is 5.56 Å². The van der Waals surface area contributed by atoms with E-state index in [1.54, 1.807) is 12.4 Å². The SMILES string of the molecule is Cc1cncnc1.O=S(=O)(O)C1CCCOC1. The quantitative estimate of drug-likeness (QED) is 0.752. The molecule has 1 atom stereocenters. The van der Waals surface area contributed by atoms with Crippen LogP contribution in [0.5, 0.6) is 0 Å². The van der Waals surface area contributed by atoms with Crippen LogP contribution in [0.25, 0.3) is 0 Å². The standard InChI is InChI=1S/C5H6N2.C5H10O4S/c1-5-2-6-4-7-3-5;6-10(7,8)5-2-1-3-9-4-5/h2-4H,1H3;5H,1-4H2,(H,6,7,8). The molecule has 1 fully saturated rings. The van der Waals surface area contributed by atoms with E-state index in [9.17, 15) is 8.42 Å². The number of ether oxygens (including phenoxy) is 1. The average Bonchev–Trinajstić information content (AvgIpc) is 2.31. The average molecular weight is 260 g/mol. The van der Waals surface area contributed by atoms with Gasteiger partial charge in [0.2, 0.25) is 0 Å². The molecule has 0 aliphatic carbocycles. The van der Waals surface area contributed by atoms with Crippen LogP contribution in [0.3, 0.4) is 0 Å². The zero-order valence-corrected chi connectivity index (χ0v) is 10.4. The molecule has 1 aromatic heterocycles. The zero-order valence-electron chi connectivity index (χ0n) is 9.61. The molecule has 1 aliphatic rings. The molecule has 2 rings (SSSR count). The molecule has 1 unspecified atom stereocenters. The number of rotatable bonds is 1. The van der Waals surface area contributed by atoms with Crippen molar-refractivity contribution < 1.29 is 17.7 Å². The minimum Gasteiger partial charge on any atom is -0.380 e. The third kappa shape index (κ3) is 5.71. The number of nitrogens with zero attached hydrogens (tertiary/aromatic N) is 2. The topological polar surface area (TPSA) is 89.4 Å². The van der Waals surface area contributed by atoms with Gasteiger partial charge in [0.1, 0.15) is 11.6 Å². The Morgan fingerprint density at radius 1 is 1.41 bits per heavy atom. The highest BCUT2D eigenvalue weighted by molar-refractivity contribution is 7.86. The molecular formula is C10H16N2O4S. The Morgan fingerprint density at radius 2 is 2.06 bits per heavy atom. The lowest BCUT2D eigenvalue weighted by Crippen LogP contribution is -2.30. The van der Waals surface area contributed by atoms with Crippen molar-refractivity contribution in [2.75, 3.05) is 13.2 Å². The van der Waals surface area contributed by atoms with Gasteiger partial charge in [-0.05, 0) is 25.3 Å². The van der Waals surface area contributed by atoms with Crippen LogP contribution in [-0.2, 0) is 14.9 Å². The van der Waals surface area contributed by atoms with E-state index in [0.29, 0.717) is 19.4 Å². The highest BCUT2D eigenvalue weighted by atomic mass is 32.2. The van der Waals surface area contributed by atoms with Gasteiger partial charge in [-0.3, -0.25) is 4.55 Å². The van der Waals surface area contributed by atoms with Crippen molar-refractivity contribution in [1.29, 1.82) is 0 Å². The van der Waals surface area contributed by atoms with Gasteiger partial charge in [-0.25, -0.2) is 9.97 Å². The van der Waals surface area contributed by atoms with Gasteiger partial charge < -0.3 is 4.74 Å². The van der Waals surface area contributed by atoms with Gasteiger partial charge in [0.25, 0.3) is 10.1 Å². The minimum absolute atomic E-state index is 0.138. The fourth-order valence-corrected chi connectivity index (χ4v) is 2.05. The third-order valence-electron chi connectivity index (χ3n) is 2.23. The summed E-state index contributed by atoms with van der Waals surface area (Å²) < 4.78 is 34.3. The van der Waals surface area contributed by atoms with E-state index < -0.39 is 15.4 Å². The highest BCUT2D eigenvalue weighted by Gasteiger charge is 2.25. The molecule has 0 aromatic carbocycles. The molecule has 1 aromatic rings. The van der Waals surface area contributed by atoms with Gasteiger partial charge in [0.15, 0.2) is 0 Å². The molecule has 1 saturated heterocycles. The van der Waals surface area contributed by atoms with E-state index in [1.807, 2.05) is 6.92 Å². The Labute approximate surface area is 101 Å². The molecule has 0 amide bonds. The van der Waals surface area contributed by atoms with Crippen molar-refractivity contribution in [2.24, 2.45) is 0 Å². The second kappa shape index (κ2) is 6.63. The van der Waals surface area contributed by atoms with Crippen molar-refractivity contribution in [1.82, 2.24) is 9.97 Å². The number of aryl methyl sites for hydroxylation is 1. The highest BCUT2D eigenvalue weighted by Crippen LogP contribution is 2.12. The summed E-state index contributed by atoms with van der Waals surface area (Å²) in [6, 6.07) is 0. The van der Waals surface area contributed by atoms with Crippen molar-refractivity contribution in [2.45, 2.75) is 25.0 Å². The van der Waals surface area contributed by atoms with Crippen LogP contribution in [0.4, 0.5) is 0 Å². The molecule has 2 heterocycles. The molecule has 1 N–H and O–H groups in total. The first-order valence-corrected chi connectivity index (χ1v) is 6.76. The van der Waals surface area contributed by atoms with Crippen molar-refractivity contribution >= 4 is 10.1 Å². The van der Waals surface area contributed by atoms with Gasteiger partial charge >= 0.3 is 0 Å². The van der Waals surface area contributed by atoms with Crippen LogP contribution in [0.1, 0.15) is 18.4 Å². The van der Waals surface area contributed by atoms with E-state index in [1.165, 1.54) is 6.33 Å². The van der Waals surface area contributed by atoms with Crippen LogP contribution < -0.4 is 0 Å². The Hall–Kier alpha value is -1.05. The predicted octanol–water partition coefficient (Wildman–Crippen LogP) is 0.838. The largest absolute Gasteiger partial charge is 0.380 e. The lowest BCUT2D eigenvalue weighted by Gasteiger charge is -2.18. The fourth-order valence-electron chi connectivity index (χ4n) is 1.32. The molecule has 96 valence electrons. The smallest absolute Gasteiger partial charge is 0.270 e. The predicted molar refractivity (Wildman–Crippen MR) is 62.2 cm³/mol. The third-order valence-corrected chi connectivity index (χ3v) is 3.44. The summed E-state index contributed by atoms with van der Waals surface area (Å²) in [6.45, 7) is 2.70. The van der Waals surface area contributed by atoms with Gasteiger partial charge in [0, 0.05) is 19.0 Å². The number of hydrogen-bond acceptors (Lipinski definition) is 5. The number of aromatic nitrogens is 2. The second-order valence-corrected chi connectivity index (χ2v) is 5.47. The second-order valence-electron chi connectivity index (χ2n) is 3.77. The summed E-state index contributed by atoms with van der Waals surface area (Å²) in [5.74, 6) is 0.